The van der Waals surface area contributed by atoms with Gasteiger partial charge in [-0.3, -0.25) is 47.9 Å². The first-order valence-corrected chi connectivity index (χ1v) is 31.2. The standard InChI is InChI=1S/C67H83N7O19/c1-33(2)25-44(73-66(89)47-16-12-24-74(47)36(6)76)62(85)68-31-51(79)69-42(23-20-37-13-9-8-10-14-37)63(86)72-46(27-38-18-21-39(77)22-19-38)65(88)71-45(26-34(3)4)64(87)70-43-28-52(92-35(5)57(43)80)93-49-30-67(90,50(78)32-75)29-41-54(49)61(84)56-55(59(41)82)58(81)40-15-11-17-48(91-7)53(40)60(56)83/h8-11,13-15,17-19,21-22,33-35,42-47,49,52,57,75,77,80,82,84,90H,12,16,20,23-32H2,1-7H3,(H,68,85)(H,69,79)(H,70,87)(H,71,88)(H,72,86)(H,73,89)/t35-,42-,43-,44-,45-,46-,47-,49-,52-,57+,67-/m0/s1. The zero-order valence-electron chi connectivity index (χ0n) is 53.0. The molecule has 12 N–H and O–H groups in total. The topological polar surface area (TPSA) is 395 Å². The molecule has 2 aliphatic carbocycles. The van der Waals surface area contributed by atoms with E-state index in [0.717, 1.165) is 5.56 Å². The van der Waals surface area contributed by atoms with Gasteiger partial charge in [0.2, 0.25) is 47.1 Å². The average Bonchev–Trinajstić information content (AvgIpc) is 1.20. The lowest BCUT2D eigenvalue weighted by molar-refractivity contribution is -0.249. The van der Waals surface area contributed by atoms with E-state index in [9.17, 15) is 78.6 Å². The van der Waals surface area contributed by atoms with Gasteiger partial charge in [-0.15, -0.1) is 0 Å². The Hall–Kier alpha value is -8.82. The predicted octanol–water partition coefficient (Wildman–Crippen LogP) is 1.90. The molecule has 8 rings (SSSR count). The van der Waals surface area contributed by atoms with Crippen molar-refractivity contribution in [3.05, 3.63) is 117 Å². The van der Waals surface area contributed by atoms with E-state index in [2.05, 4.69) is 31.9 Å². The quantitative estimate of drug-likeness (QED) is 0.0352. The highest BCUT2D eigenvalue weighted by Gasteiger charge is 2.51. The van der Waals surface area contributed by atoms with Crippen molar-refractivity contribution in [1.82, 2.24) is 36.8 Å². The van der Waals surface area contributed by atoms with Crippen molar-refractivity contribution in [3.8, 4) is 23.0 Å². The van der Waals surface area contributed by atoms with Crippen LogP contribution in [-0.4, -0.2) is 181 Å². The predicted molar refractivity (Wildman–Crippen MR) is 332 cm³/mol. The normalized spacial score (nSPS) is 22.0. The van der Waals surface area contributed by atoms with Crippen molar-refractivity contribution in [2.24, 2.45) is 11.8 Å². The van der Waals surface area contributed by atoms with E-state index in [1.165, 1.54) is 68.3 Å². The number of rotatable bonds is 26. The van der Waals surface area contributed by atoms with Crippen molar-refractivity contribution in [3.63, 3.8) is 0 Å². The summed E-state index contributed by atoms with van der Waals surface area (Å²) in [4.78, 5) is 140. The molecule has 0 saturated carbocycles. The number of carbonyl (C=O) groups is 10. The van der Waals surface area contributed by atoms with Crippen molar-refractivity contribution in [1.29, 1.82) is 0 Å². The SMILES string of the molecule is COc1cccc2c1C(=O)c1c(O)c3c(c(O)c1C2=O)C[C@@](O)(C(=O)CO)C[C@@H]3O[C@H]1C[C@H](NC(=O)[C@H](CC(C)C)NC(=O)[C@H](Cc2ccc(O)cc2)NC(=O)[C@H](CCc2ccccc2)NC(=O)CNC(=O)[C@H](CC(C)C)NC(=O)[C@@H]2CCCN2C(C)=O)[C@H](O)[C@H](C)O1. The fraction of sp³-hybridized carbons (Fsp3) is 0.493. The van der Waals surface area contributed by atoms with Crippen LogP contribution in [0.3, 0.4) is 0 Å². The molecule has 7 amide bonds. The second-order valence-corrected chi connectivity index (χ2v) is 25.2. The number of ether oxygens (including phenoxy) is 3. The molecule has 2 fully saturated rings. The summed E-state index contributed by atoms with van der Waals surface area (Å²) >= 11 is 0. The number of aromatic hydroxyl groups is 3. The van der Waals surface area contributed by atoms with Gasteiger partial charge in [0.15, 0.2) is 17.9 Å². The van der Waals surface area contributed by atoms with Gasteiger partial charge in [0.05, 0.1) is 48.6 Å². The number of carbonyl (C=O) groups excluding carboxylic acids is 10. The molecule has 500 valence electrons. The van der Waals surface area contributed by atoms with E-state index in [4.69, 9.17) is 14.2 Å². The highest BCUT2D eigenvalue weighted by atomic mass is 16.7. The first-order valence-electron chi connectivity index (χ1n) is 31.2. The number of aliphatic hydroxyl groups is 3. The number of hydrogen-bond donors (Lipinski definition) is 12. The third-order valence-electron chi connectivity index (χ3n) is 17.4. The van der Waals surface area contributed by atoms with Gasteiger partial charge in [-0.1, -0.05) is 82.3 Å². The van der Waals surface area contributed by atoms with E-state index in [-0.39, 0.29) is 90.0 Å². The van der Waals surface area contributed by atoms with Crippen LogP contribution in [0.2, 0.25) is 0 Å². The third kappa shape index (κ3) is 16.3. The maximum Gasteiger partial charge on any atom is 0.243 e. The molecule has 4 aromatic rings. The fourth-order valence-corrected chi connectivity index (χ4v) is 12.6. The van der Waals surface area contributed by atoms with Crippen LogP contribution in [0.15, 0.2) is 72.8 Å². The van der Waals surface area contributed by atoms with Crippen LogP contribution >= 0.6 is 0 Å². The Labute approximate surface area is 537 Å². The smallest absolute Gasteiger partial charge is 0.243 e. The Bertz CT molecular complexity index is 3490. The van der Waals surface area contributed by atoms with Crippen molar-refractivity contribution >= 4 is 58.7 Å². The Morgan fingerprint density at radius 3 is 2.03 bits per heavy atom. The highest BCUT2D eigenvalue weighted by molar-refractivity contribution is 6.31. The summed E-state index contributed by atoms with van der Waals surface area (Å²) in [5.41, 5.74) is -3.38. The van der Waals surface area contributed by atoms with Gasteiger partial charge in [-0.05, 0) is 86.6 Å². The zero-order chi connectivity index (χ0) is 67.7. The second kappa shape index (κ2) is 30.3. The number of phenolic OH excluding ortho intramolecular Hbond substituents is 3. The van der Waals surface area contributed by atoms with E-state index >= 15 is 0 Å². The van der Waals surface area contributed by atoms with Crippen molar-refractivity contribution in [2.75, 3.05) is 26.8 Å². The molecule has 2 aliphatic heterocycles. The second-order valence-electron chi connectivity index (χ2n) is 25.2. The number of Topliss-reactive ketones (excluding diaryl/α,β-unsaturated/α-hetero) is 1. The van der Waals surface area contributed by atoms with Crippen LogP contribution in [0.5, 0.6) is 23.0 Å². The van der Waals surface area contributed by atoms with Crippen molar-refractivity contribution in [2.45, 2.75) is 172 Å². The minimum absolute atomic E-state index is 0.000733. The first kappa shape index (κ1) is 70.1. The molecule has 0 unspecified atom stereocenters. The summed E-state index contributed by atoms with van der Waals surface area (Å²) < 4.78 is 17.8. The van der Waals surface area contributed by atoms with E-state index in [1.54, 1.807) is 26.0 Å². The van der Waals surface area contributed by atoms with Crippen LogP contribution in [0.4, 0.5) is 0 Å². The fourth-order valence-electron chi connectivity index (χ4n) is 12.6. The number of benzene rings is 4. The van der Waals surface area contributed by atoms with Crippen LogP contribution in [0, 0.1) is 11.8 Å². The summed E-state index contributed by atoms with van der Waals surface area (Å²) in [7, 11) is 1.28. The molecule has 0 radical (unpaired) electrons. The molecule has 0 spiro atoms. The van der Waals surface area contributed by atoms with Crippen LogP contribution in [0.25, 0.3) is 0 Å². The summed E-state index contributed by atoms with van der Waals surface area (Å²) in [6.45, 7) is 8.72. The maximum atomic E-state index is 14.8. The number of nitrogens with one attached hydrogen (secondary N) is 6. The summed E-state index contributed by atoms with van der Waals surface area (Å²) in [5, 5.41) is 83.9. The van der Waals surface area contributed by atoms with Gasteiger partial charge < -0.3 is 81.7 Å². The molecule has 4 aliphatic rings. The Morgan fingerprint density at radius 1 is 0.742 bits per heavy atom. The van der Waals surface area contributed by atoms with Gasteiger partial charge in [0.25, 0.3) is 0 Å². The minimum Gasteiger partial charge on any atom is -0.508 e. The highest BCUT2D eigenvalue weighted by Crippen LogP contribution is 2.52. The molecule has 0 aromatic heterocycles. The lowest BCUT2D eigenvalue weighted by atomic mass is 9.72. The van der Waals surface area contributed by atoms with Crippen molar-refractivity contribution < 1.29 is 92.8 Å². The summed E-state index contributed by atoms with van der Waals surface area (Å²) in [6, 6.07) is 11.9. The van der Waals surface area contributed by atoms with Crippen LogP contribution in [-0.2, 0) is 67.1 Å². The van der Waals surface area contributed by atoms with E-state index in [0.29, 0.717) is 24.9 Å². The first-order chi connectivity index (χ1) is 44.1. The zero-order valence-corrected chi connectivity index (χ0v) is 53.0. The van der Waals surface area contributed by atoms with Crippen LogP contribution in [0.1, 0.15) is 147 Å². The summed E-state index contributed by atoms with van der Waals surface area (Å²) in [5.74, 6) is -9.63. The third-order valence-corrected chi connectivity index (χ3v) is 17.4. The Morgan fingerprint density at radius 2 is 1.39 bits per heavy atom. The number of fused-ring (bicyclic) bond motifs is 3. The minimum atomic E-state index is -2.48. The number of methoxy groups -OCH3 is 1. The number of aryl methyl sites for hydroxylation is 1. The lowest BCUT2D eigenvalue weighted by Crippen LogP contribution is -2.61. The summed E-state index contributed by atoms with van der Waals surface area (Å²) in [6.07, 6.45) is -6.12. The maximum absolute atomic E-state index is 14.8. The molecule has 93 heavy (non-hydrogen) atoms. The molecule has 2 saturated heterocycles. The van der Waals surface area contributed by atoms with E-state index in [1.807, 2.05) is 32.0 Å². The molecular formula is C67H83N7O19. The largest absolute Gasteiger partial charge is 0.508 e. The number of amides is 7. The number of aliphatic hydroxyl groups excluding tert-OH is 2. The molecule has 0 bridgehead atoms. The molecular weight excluding hydrogens is 1210 g/mol. The molecule has 11 atom stereocenters. The average molecular weight is 1290 g/mol. The van der Waals surface area contributed by atoms with E-state index < -0.39 is 168 Å². The van der Waals surface area contributed by atoms with Gasteiger partial charge in [0, 0.05) is 55.8 Å². The van der Waals surface area contributed by atoms with Gasteiger partial charge >= 0.3 is 0 Å². The number of phenols is 3. The Kier molecular flexibility index (Phi) is 22.8. The monoisotopic (exact) mass is 1290 g/mol. The van der Waals surface area contributed by atoms with Gasteiger partial charge in [0.1, 0.15) is 71.5 Å². The molecule has 4 aromatic carbocycles. The molecule has 26 nitrogen and oxygen atoms in total. The van der Waals surface area contributed by atoms with Gasteiger partial charge in [-0.2, -0.15) is 0 Å². The number of likely N-dealkylation sites (tertiary alicyclic amines) is 1. The molecule has 2 heterocycles. The van der Waals surface area contributed by atoms with Gasteiger partial charge in [-0.25, -0.2) is 0 Å². The molecule has 26 heteroatoms. The number of nitrogens with zero attached hydrogens (tertiary/aromatic N) is 1. The Balaban J connectivity index is 1.01. The van der Waals surface area contributed by atoms with Crippen LogP contribution < -0.4 is 36.6 Å². The lowest BCUT2D eigenvalue weighted by Gasteiger charge is -2.43. The number of ketones is 3. The number of hydrogen-bond acceptors (Lipinski definition) is 19.